The average molecular weight is 259 g/mol. The van der Waals surface area contributed by atoms with Gasteiger partial charge < -0.3 is 5.32 Å². The quantitative estimate of drug-likeness (QED) is 0.804. The van der Waals surface area contributed by atoms with Crippen molar-refractivity contribution in [2.45, 2.75) is 24.1 Å². The number of rotatable bonds is 6. The van der Waals surface area contributed by atoms with Crippen molar-refractivity contribution >= 4 is 17.6 Å². The van der Waals surface area contributed by atoms with Crippen LogP contribution in [0.1, 0.15) is 19.0 Å². The van der Waals surface area contributed by atoms with Crippen molar-refractivity contribution in [2.75, 3.05) is 11.9 Å². The van der Waals surface area contributed by atoms with Gasteiger partial charge in [0.05, 0.1) is 10.7 Å². The van der Waals surface area contributed by atoms with E-state index >= 15 is 0 Å². The molecule has 2 aromatic heterocycles. The molecule has 0 saturated heterocycles. The fourth-order valence-electron chi connectivity index (χ4n) is 1.49. The van der Waals surface area contributed by atoms with Gasteiger partial charge in [-0.05, 0) is 30.7 Å². The van der Waals surface area contributed by atoms with Gasteiger partial charge in [-0.2, -0.15) is 0 Å². The monoisotopic (exact) mass is 259 g/mol. The lowest BCUT2D eigenvalue weighted by Crippen LogP contribution is -2.02. The highest BCUT2D eigenvalue weighted by molar-refractivity contribution is 7.98. The topological polar surface area (TPSA) is 37.8 Å². The maximum absolute atomic E-state index is 4.57. The molecule has 1 N–H and O–H groups in total. The Morgan fingerprint density at radius 2 is 2.11 bits per heavy atom. The largest absolute Gasteiger partial charge is 0.370 e. The van der Waals surface area contributed by atoms with Gasteiger partial charge in [-0.1, -0.05) is 19.1 Å². The molecule has 0 radical (unpaired) electrons. The molecule has 94 valence electrons. The van der Waals surface area contributed by atoms with Crippen LogP contribution in [0.15, 0.2) is 47.6 Å². The van der Waals surface area contributed by atoms with Crippen LogP contribution in [0.25, 0.3) is 0 Å². The zero-order chi connectivity index (χ0) is 12.6. The molecule has 2 heterocycles. The number of thioether (sulfide) groups is 1. The van der Waals surface area contributed by atoms with Crippen molar-refractivity contribution in [1.29, 1.82) is 0 Å². The van der Waals surface area contributed by atoms with Crippen LogP contribution >= 0.6 is 11.8 Å². The highest BCUT2D eigenvalue weighted by Crippen LogP contribution is 2.19. The van der Waals surface area contributed by atoms with E-state index in [1.807, 2.05) is 42.6 Å². The SMILES string of the molecule is CCCNc1cccc(CSc2ccccn2)n1. The van der Waals surface area contributed by atoms with Gasteiger partial charge in [0, 0.05) is 18.5 Å². The van der Waals surface area contributed by atoms with Crippen molar-refractivity contribution in [3.8, 4) is 0 Å². The molecule has 0 atom stereocenters. The van der Waals surface area contributed by atoms with E-state index in [1.165, 1.54) is 0 Å². The van der Waals surface area contributed by atoms with E-state index in [4.69, 9.17) is 0 Å². The first kappa shape index (κ1) is 12.9. The second-order valence-corrected chi connectivity index (χ2v) is 4.89. The molecule has 0 spiro atoms. The second kappa shape index (κ2) is 7.01. The Hall–Kier alpha value is -1.55. The highest BCUT2D eigenvalue weighted by atomic mass is 32.2. The maximum atomic E-state index is 4.57. The van der Waals surface area contributed by atoms with E-state index in [0.29, 0.717) is 0 Å². The highest BCUT2D eigenvalue weighted by Gasteiger charge is 1.99. The standard InChI is InChI=1S/C14H17N3S/c1-2-9-15-13-7-5-6-12(17-13)11-18-14-8-3-4-10-16-14/h3-8,10H,2,9,11H2,1H3,(H,15,17). The number of aromatic nitrogens is 2. The van der Waals surface area contributed by atoms with Gasteiger partial charge in [-0.3, -0.25) is 0 Å². The predicted molar refractivity (Wildman–Crippen MR) is 76.8 cm³/mol. The molecule has 0 aliphatic carbocycles. The first-order valence-corrected chi connectivity index (χ1v) is 7.10. The van der Waals surface area contributed by atoms with Crippen molar-refractivity contribution < 1.29 is 0 Å². The molecule has 0 aromatic carbocycles. The Kier molecular flexibility index (Phi) is 5.02. The maximum Gasteiger partial charge on any atom is 0.126 e. The van der Waals surface area contributed by atoms with E-state index in [0.717, 1.165) is 35.3 Å². The molecule has 18 heavy (non-hydrogen) atoms. The average Bonchev–Trinajstić information content (AvgIpc) is 2.44. The fraction of sp³-hybridized carbons (Fsp3) is 0.286. The van der Waals surface area contributed by atoms with Gasteiger partial charge in [0.15, 0.2) is 0 Å². The molecule has 4 heteroatoms. The van der Waals surface area contributed by atoms with Crippen LogP contribution in [0.5, 0.6) is 0 Å². The molecule has 0 amide bonds. The second-order valence-electron chi connectivity index (χ2n) is 3.90. The lowest BCUT2D eigenvalue weighted by atomic mass is 10.3. The molecule has 2 aromatic rings. The first-order chi connectivity index (χ1) is 8.88. The van der Waals surface area contributed by atoms with Crippen LogP contribution in [0.4, 0.5) is 5.82 Å². The summed E-state index contributed by atoms with van der Waals surface area (Å²) in [6, 6.07) is 12.0. The van der Waals surface area contributed by atoms with Gasteiger partial charge in [0.25, 0.3) is 0 Å². The van der Waals surface area contributed by atoms with Crippen LogP contribution < -0.4 is 5.32 Å². The van der Waals surface area contributed by atoms with Crippen LogP contribution in [0.2, 0.25) is 0 Å². The zero-order valence-corrected chi connectivity index (χ0v) is 11.3. The Labute approximate surface area is 112 Å². The van der Waals surface area contributed by atoms with Crippen molar-refractivity contribution in [2.24, 2.45) is 0 Å². The fourth-order valence-corrected chi connectivity index (χ4v) is 2.26. The number of hydrogen-bond donors (Lipinski definition) is 1. The van der Waals surface area contributed by atoms with Gasteiger partial charge in [0.2, 0.25) is 0 Å². The number of nitrogens with zero attached hydrogens (tertiary/aromatic N) is 2. The molecule has 0 aliphatic heterocycles. The Morgan fingerprint density at radius 3 is 2.89 bits per heavy atom. The van der Waals surface area contributed by atoms with Crippen molar-refractivity contribution in [3.63, 3.8) is 0 Å². The Morgan fingerprint density at radius 1 is 1.17 bits per heavy atom. The van der Waals surface area contributed by atoms with E-state index in [-0.39, 0.29) is 0 Å². The molecule has 2 rings (SSSR count). The Balaban J connectivity index is 1.93. The third-order valence-corrected chi connectivity index (χ3v) is 3.35. The number of nitrogens with one attached hydrogen (secondary N) is 1. The molecular weight excluding hydrogens is 242 g/mol. The van der Waals surface area contributed by atoms with Gasteiger partial charge in [0.1, 0.15) is 5.82 Å². The number of hydrogen-bond acceptors (Lipinski definition) is 4. The molecule has 0 bridgehead atoms. The zero-order valence-electron chi connectivity index (χ0n) is 10.5. The van der Waals surface area contributed by atoms with Crippen LogP contribution in [-0.4, -0.2) is 16.5 Å². The molecule has 3 nitrogen and oxygen atoms in total. The Bertz CT molecular complexity index is 473. The van der Waals surface area contributed by atoms with Crippen molar-refractivity contribution in [1.82, 2.24) is 9.97 Å². The lowest BCUT2D eigenvalue weighted by Gasteiger charge is -2.06. The van der Waals surface area contributed by atoms with E-state index < -0.39 is 0 Å². The third kappa shape index (κ3) is 4.04. The summed E-state index contributed by atoms with van der Waals surface area (Å²) in [6.07, 6.45) is 2.92. The number of pyridine rings is 2. The third-order valence-electron chi connectivity index (χ3n) is 2.37. The summed E-state index contributed by atoms with van der Waals surface area (Å²) >= 11 is 1.70. The lowest BCUT2D eigenvalue weighted by molar-refractivity contribution is 0.965. The molecule has 0 unspecified atom stereocenters. The summed E-state index contributed by atoms with van der Waals surface area (Å²) in [7, 11) is 0. The summed E-state index contributed by atoms with van der Waals surface area (Å²) in [5.41, 5.74) is 1.08. The summed E-state index contributed by atoms with van der Waals surface area (Å²) in [5.74, 6) is 1.80. The van der Waals surface area contributed by atoms with Gasteiger partial charge in [-0.15, -0.1) is 11.8 Å². The van der Waals surface area contributed by atoms with Crippen LogP contribution in [0, 0.1) is 0 Å². The smallest absolute Gasteiger partial charge is 0.126 e. The van der Waals surface area contributed by atoms with E-state index in [2.05, 4.69) is 22.2 Å². The predicted octanol–water partition coefficient (Wildman–Crippen LogP) is 3.59. The van der Waals surface area contributed by atoms with Gasteiger partial charge >= 0.3 is 0 Å². The number of anilines is 1. The molecular formula is C14H17N3S. The minimum atomic E-state index is 0.846. The van der Waals surface area contributed by atoms with Crippen LogP contribution in [-0.2, 0) is 5.75 Å². The summed E-state index contributed by atoms with van der Waals surface area (Å²) in [6.45, 7) is 3.11. The summed E-state index contributed by atoms with van der Waals surface area (Å²) in [5, 5.41) is 4.33. The van der Waals surface area contributed by atoms with Gasteiger partial charge in [-0.25, -0.2) is 9.97 Å². The summed E-state index contributed by atoms with van der Waals surface area (Å²) in [4.78, 5) is 8.85. The van der Waals surface area contributed by atoms with Crippen LogP contribution in [0.3, 0.4) is 0 Å². The van der Waals surface area contributed by atoms with E-state index in [1.54, 1.807) is 11.8 Å². The first-order valence-electron chi connectivity index (χ1n) is 6.12. The minimum absolute atomic E-state index is 0.846. The molecule has 0 fully saturated rings. The van der Waals surface area contributed by atoms with E-state index in [9.17, 15) is 0 Å². The normalized spacial score (nSPS) is 10.3. The molecule has 0 aliphatic rings. The molecule has 0 saturated carbocycles. The summed E-state index contributed by atoms with van der Waals surface area (Å²) < 4.78 is 0. The van der Waals surface area contributed by atoms with Crippen molar-refractivity contribution in [3.05, 3.63) is 48.3 Å². The minimum Gasteiger partial charge on any atom is -0.370 e.